The van der Waals surface area contributed by atoms with Gasteiger partial charge >= 0.3 is 0 Å². The van der Waals surface area contributed by atoms with Crippen LogP contribution in [0.4, 0.5) is 5.69 Å². The van der Waals surface area contributed by atoms with E-state index in [0.29, 0.717) is 11.4 Å². The second-order valence-corrected chi connectivity index (χ2v) is 7.01. The quantitative estimate of drug-likeness (QED) is 0.875. The zero-order chi connectivity index (χ0) is 15.7. The topological polar surface area (TPSA) is 58.6 Å². The Balaban J connectivity index is 2.02. The molecule has 5 nitrogen and oxygen atoms in total. The number of rotatable bonds is 3. The van der Waals surface area contributed by atoms with Crippen molar-refractivity contribution in [1.82, 2.24) is 4.31 Å². The smallest absolute Gasteiger partial charge is 0.268 e. The van der Waals surface area contributed by atoms with Gasteiger partial charge in [-0.15, -0.1) is 0 Å². The highest BCUT2D eigenvalue weighted by Crippen LogP contribution is 2.33. The van der Waals surface area contributed by atoms with Crippen LogP contribution in [0, 0.1) is 0 Å². The van der Waals surface area contributed by atoms with Crippen molar-refractivity contribution >= 4 is 33.0 Å². The number of nitrogens with one attached hydrogen (secondary N) is 1. The Morgan fingerprint density at radius 2 is 1.91 bits per heavy atom. The van der Waals surface area contributed by atoms with Crippen LogP contribution in [0.2, 0.25) is 0 Å². The summed E-state index contributed by atoms with van der Waals surface area (Å²) in [5, 5.41) is 3.12. The maximum Gasteiger partial charge on any atom is 0.268 e. The Bertz CT molecular complexity index is 820. The van der Waals surface area contributed by atoms with Crippen LogP contribution in [0.5, 0.6) is 5.75 Å². The Labute approximate surface area is 134 Å². The van der Waals surface area contributed by atoms with Gasteiger partial charge in [0.15, 0.2) is 5.11 Å². The van der Waals surface area contributed by atoms with E-state index >= 15 is 0 Å². The third-order valence-corrected chi connectivity index (χ3v) is 5.63. The van der Waals surface area contributed by atoms with Gasteiger partial charge in [0.2, 0.25) is 0 Å². The molecule has 1 heterocycles. The number of methoxy groups -OCH3 is 1. The van der Waals surface area contributed by atoms with E-state index in [0.717, 1.165) is 5.56 Å². The molecule has 7 heteroatoms. The molecule has 0 radical (unpaired) electrons. The first-order valence-electron chi connectivity index (χ1n) is 6.58. The van der Waals surface area contributed by atoms with Crippen molar-refractivity contribution in [1.29, 1.82) is 0 Å². The highest BCUT2D eigenvalue weighted by Gasteiger charge is 2.34. The number of nitrogens with zero attached hydrogens (tertiary/aromatic N) is 1. The summed E-state index contributed by atoms with van der Waals surface area (Å²) >= 11 is 5.23. The number of thiocarbonyl (C=S) groups is 1. The SMILES string of the molecule is COc1ccc2c(c1)NC(=S)N(Cc1ccccc1)S2(=O)=O. The van der Waals surface area contributed by atoms with Crippen LogP contribution >= 0.6 is 12.2 Å². The van der Waals surface area contributed by atoms with Crippen molar-refractivity contribution in [2.75, 3.05) is 12.4 Å². The zero-order valence-electron chi connectivity index (χ0n) is 11.8. The average molecular weight is 334 g/mol. The average Bonchev–Trinajstić information content (AvgIpc) is 2.52. The third-order valence-electron chi connectivity index (χ3n) is 3.39. The van der Waals surface area contributed by atoms with Gasteiger partial charge in [-0.3, -0.25) is 0 Å². The van der Waals surface area contributed by atoms with Gasteiger partial charge in [-0.05, 0) is 29.9 Å². The summed E-state index contributed by atoms with van der Waals surface area (Å²) < 4.78 is 31.9. The summed E-state index contributed by atoms with van der Waals surface area (Å²) in [4.78, 5) is 0.192. The lowest BCUT2D eigenvalue weighted by Crippen LogP contribution is -2.43. The maximum absolute atomic E-state index is 12.8. The molecule has 0 unspecified atom stereocenters. The van der Waals surface area contributed by atoms with Crippen LogP contribution in [-0.2, 0) is 16.6 Å². The minimum absolute atomic E-state index is 0.157. The summed E-state index contributed by atoms with van der Waals surface area (Å²) in [7, 11) is -2.15. The molecule has 0 saturated heterocycles. The van der Waals surface area contributed by atoms with Gasteiger partial charge < -0.3 is 10.1 Å². The standard InChI is InChI=1S/C15H14N2O3S2/c1-20-12-7-8-14-13(9-12)16-15(21)17(22(14,18)19)10-11-5-3-2-4-6-11/h2-9H,10H2,1H3,(H,16,21). The van der Waals surface area contributed by atoms with Gasteiger partial charge in [0.25, 0.3) is 10.0 Å². The molecule has 0 spiro atoms. The maximum atomic E-state index is 12.8. The summed E-state index contributed by atoms with van der Waals surface area (Å²) in [6.45, 7) is 0.195. The highest BCUT2D eigenvalue weighted by atomic mass is 32.2. The summed E-state index contributed by atoms with van der Waals surface area (Å²) in [5.74, 6) is 0.570. The third kappa shape index (κ3) is 2.53. The van der Waals surface area contributed by atoms with E-state index in [1.165, 1.54) is 17.5 Å². The van der Waals surface area contributed by atoms with Crippen LogP contribution in [0.1, 0.15) is 5.56 Å². The Morgan fingerprint density at radius 1 is 1.18 bits per heavy atom. The largest absolute Gasteiger partial charge is 0.497 e. The van der Waals surface area contributed by atoms with Crippen molar-refractivity contribution < 1.29 is 13.2 Å². The number of hydrogen-bond acceptors (Lipinski definition) is 4. The van der Waals surface area contributed by atoms with Crippen LogP contribution in [-0.4, -0.2) is 24.9 Å². The molecule has 3 rings (SSSR count). The number of ether oxygens (including phenoxy) is 1. The number of fused-ring (bicyclic) bond motifs is 1. The fraction of sp³-hybridized carbons (Fsp3) is 0.133. The fourth-order valence-corrected chi connectivity index (χ4v) is 4.19. The Morgan fingerprint density at radius 3 is 2.59 bits per heavy atom. The fourth-order valence-electron chi connectivity index (χ4n) is 2.27. The molecule has 2 aromatic carbocycles. The van der Waals surface area contributed by atoms with Gasteiger partial charge in [0, 0.05) is 6.07 Å². The molecular weight excluding hydrogens is 320 g/mol. The number of sulfonamides is 1. The van der Waals surface area contributed by atoms with Crippen molar-refractivity contribution in [3.8, 4) is 5.75 Å². The van der Waals surface area contributed by atoms with Crippen molar-refractivity contribution in [2.24, 2.45) is 0 Å². The molecule has 2 aromatic rings. The van der Waals surface area contributed by atoms with Gasteiger partial charge in [0.1, 0.15) is 10.6 Å². The van der Waals surface area contributed by atoms with E-state index in [2.05, 4.69) is 5.32 Å². The molecule has 0 fully saturated rings. The zero-order valence-corrected chi connectivity index (χ0v) is 13.4. The molecule has 0 atom stereocenters. The highest BCUT2D eigenvalue weighted by molar-refractivity contribution is 7.92. The summed E-state index contributed by atoms with van der Waals surface area (Å²) in [6, 6.07) is 14.1. The van der Waals surface area contributed by atoms with Gasteiger partial charge in [-0.1, -0.05) is 30.3 Å². The molecule has 0 saturated carbocycles. The van der Waals surface area contributed by atoms with E-state index in [1.54, 1.807) is 12.1 Å². The lowest BCUT2D eigenvalue weighted by atomic mass is 10.2. The molecule has 22 heavy (non-hydrogen) atoms. The van der Waals surface area contributed by atoms with Crippen molar-refractivity contribution in [2.45, 2.75) is 11.4 Å². The van der Waals surface area contributed by atoms with Gasteiger partial charge in [-0.25, -0.2) is 12.7 Å². The minimum atomic E-state index is -3.68. The molecule has 1 N–H and O–H groups in total. The lowest BCUT2D eigenvalue weighted by Gasteiger charge is -2.31. The van der Waals surface area contributed by atoms with Crippen LogP contribution in [0.3, 0.4) is 0 Å². The van der Waals surface area contributed by atoms with E-state index in [-0.39, 0.29) is 16.6 Å². The molecule has 0 amide bonds. The number of hydrogen-bond donors (Lipinski definition) is 1. The van der Waals surface area contributed by atoms with Crippen LogP contribution in [0.25, 0.3) is 0 Å². The van der Waals surface area contributed by atoms with E-state index in [4.69, 9.17) is 17.0 Å². The molecule has 114 valence electrons. The first-order chi connectivity index (χ1) is 10.5. The first kappa shape index (κ1) is 14.8. The monoisotopic (exact) mass is 334 g/mol. The summed E-state index contributed by atoms with van der Waals surface area (Å²) in [5.41, 5.74) is 1.31. The lowest BCUT2D eigenvalue weighted by molar-refractivity contribution is 0.414. The Kier molecular flexibility index (Phi) is 3.76. The minimum Gasteiger partial charge on any atom is -0.497 e. The van der Waals surface area contributed by atoms with Crippen LogP contribution < -0.4 is 10.1 Å². The number of anilines is 1. The van der Waals surface area contributed by atoms with E-state index in [9.17, 15) is 8.42 Å². The summed E-state index contributed by atoms with van der Waals surface area (Å²) in [6.07, 6.45) is 0. The van der Waals surface area contributed by atoms with Gasteiger partial charge in [0.05, 0.1) is 19.3 Å². The Hall–Kier alpha value is -2.12. The molecule has 1 aliphatic heterocycles. The van der Waals surface area contributed by atoms with E-state index < -0.39 is 10.0 Å². The predicted molar refractivity (Wildman–Crippen MR) is 88.4 cm³/mol. The molecule has 0 bridgehead atoms. The van der Waals surface area contributed by atoms with Crippen molar-refractivity contribution in [3.05, 3.63) is 54.1 Å². The second-order valence-electron chi connectivity index (χ2n) is 4.79. The molecule has 0 aliphatic carbocycles. The molecule has 1 aliphatic rings. The number of benzene rings is 2. The van der Waals surface area contributed by atoms with Gasteiger partial charge in [-0.2, -0.15) is 0 Å². The second kappa shape index (κ2) is 5.58. The molecule has 0 aromatic heterocycles. The predicted octanol–water partition coefficient (Wildman–Crippen LogP) is 2.60. The molecular formula is C15H14N2O3S2. The first-order valence-corrected chi connectivity index (χ1v) is 8.43. The van der Waals surface area contributed by atoms with Crippen molar-refractivity contribution in [3.63, 3.8) is 0 Å². The van der Waals surface area contributed by atoms with Crippen LogP contribution in [0.15, 0.2) is 53.4 Å². The normalized spacial score (nSPS) is 15.9. The van der Waals surface area contributed by atoms with E-state index in [1.807, 2.05) is 30.3 Å².